The third-order valence-corrected chi connectivity index (χ3v) is 5.50. The minimum atomic E-state index is -3.63. The van der Waals surface area contributed by atoms with Crippen LogP contribution in [0, 0.1) is 0 Å². The molecule has 2 aromatic heterocycles. The number of alkyl halides is 2. The van der Waals surface area contributed by atoms with Gasteiger partial charge < -0.3 is 19.2 Å². The molecule has 0 saturated heterocycles. The Balaban J connectivity index is 1.18. The van der Waals surface area contributed by atoms with Gasteiger partial charge >= 0.3 is 6.29 Å². The van der Waals surface area contributed by atoms with Crippen molar-refractivity contribution in [3.63, 3.8) is 0 Å². The number of aromatic nitrogens is 4. The maximum Gasteiger partial charge on any atom is 0.586 e. The Labute approximate surface area is 200 Å². The lowest BCUT2D eigenvalue weighted by atomic mass is 10.0. The molecule has 1 unspecified atom stereocenters. The van der Waals surface area contributed by atoms with Crippen LogP contribution in [0.4, 0.5) is 14.5 Å². The van der Waals surface area contributed by atoms with Gasteiger partial charge in [0.1, 0.15) is 6.26 Å². The fraction of sp³-hybridized carbons (Fsp3) is 0.240. The average Bonchev–Trinajstić information content (AvgIpc) is 3.59. The zero-order valence-electron chi connectivity index (χ0n) is 18.9. The summed E-state index contributed by atoms with van der Waals surface area (Å²) in [7, 11) is 0. The molecule has 1 aliphatic heterocycles. The first-order chi connectivity index (χ1) is 17.0. The molecule has 5 rings (SSSR count). The van der Waals surface area contributed by atoms with Crippen LogP contribution >= 0.6 is 0 Å². The van der Waals surface area contributed by atoms with E-state index in [-0.39, 0.29) is 17.5 Å². The zero-order valence-corrected chi connectivity index (χ0v) is 18.9. The van der Waals surface area contributed by atoms with Crippen molar-refractivity contribution in [1.82, 2.24) is 20.0 Å². The summed E-state index contributed by atoms with van der Waals surface area (Å²) in [6.45, 7) is 2.63. The third-order valence-electron chi connectivity index (χ3n) is 5.50. The summed E-state index contributed by atoms with van der Waals surface area (Å²) in [5.41, 5.74) is 3.50. The molecule has 0 amide bonds. The van der Waals surface area contributed by atoms with Crippen LogP contribution < -0.4 is 14.8 Å². The Morgan fingerprint density at radius 3 is 2.69 bits per heavy atom. The van der Waals surface area contributed by atoms with E-state index in [4.69, 9.17) is 4.42 Å². The van der Waals surface area contributed by atoms with Gasteiger partial charge in [-0.15, -0.1) is 13.9 Å². The minimum absolute atomic E-state index is 0.00365. The van der Waals surface area contributed by atoms with Crippen LogP contribution in [0.25, 0.3) is 12.2 Å². The number of fused-ring (bicyclic) bond motifs is 1. The fourth-order valence-electron chi connectivity index (χ4n) is 3.84. The summed E-state index contributed by atoms with van der Waals surface area (Å²) in [4.78, 5) is 4.43. The number of benzene rings is 2. The van der Waals surface area contributed by atoms with Gasteiger partial charge in [-0.25, -0.2) is 9.67 Å². The summed E-state index contributed by atoms with van der Waals surface area (Å²) in [6, 6.07) is 12.9. The Hall–Kier alpha value is -4.21. The molecule has 0 bridgehead atoms. The van der Waals surface area contributed by atoms with Gasteiger partial charge in [-0.05, 0) is 47.9 Å². The van der Waals surface area contributed by atoms with E-state index in [9.17, 15) is 8.78 Å². The molecule has 1 aliphatic rings. The molecule has 2 aromatic carbocycles. The number of ether oxygens (including phenoxy) is 2. The van der Waals surface area contributed by atoms with E-state index in [1.54, 1.807) is 30.7 Å². The smallest absolute Gasteiger partial charge is 0.445 e. The largest absolute Gasteiger partial charge is 0.586 e. The lowest BCUT2D eigenvalue weighted by Gasteiger charge is -2.17. The maximum atomic E-state index is 13.2. The van der Waals surface area contributed by atoms with E-state index in [1.807, 2.05) is 23.0 Å². The molecule has 0 saturated carbocycles. The first-order valence-corrected chi connectivity index (χ1v) is 11.2. The maximum absolute atomic E-state index is 13.2. The van der Waals surface area contributed by atoms with Crippen molar-refractivity contribution in [3.8, 4) is 11.5 Å². The number of oxazole rings is 1. The highest BCUT2D eigenvalue weighted by molar-refractivity contribution is 5.68. The Morgan fingerprint density at radius 1 is 1.09 bits per heavy atom. The molecule has 3 heterocycles. The van der Waals surface area contributed by atoms with Crippen molar-refractivity contribution in [2.24, 2.45) is 0 Å². The molecule has 8 nitrogen and oxygen atoms in total. The number of anilines is 1. The highest BCUT2D eigenvalue weighted by Crippen LogP contribution is 2.41. The van der Waals surface area contributed by atoms with Gasteiger partial charge in [-0.3, -0.25) is 0 Å². The lowest BCUT2D eigenvalue weighted by Crippen LogP contribution is -2.25. The van der Waals surface area contributed by atoms with Crippen LogP contribution in [0.5, 0.6) is 11.5 Å². The lowest BCUT2D eigenvalue weighted by molar-refractivity contribution is -0.286. The van der Waals surface area contributed by atoms with Crippen LogP contribution in [-0.4, -0.2) is 26.3 Å². The first-order valence-electron chi connectivity index (χ1n) is 11.2. The zero-order chi connectivity index (χ0) is 24.3. The van der Waals surface area contributed by atoms with Gasteiger partial charge in [0.25, 0.3) is 0 Å². The first kappa shape index (κ1) is 22.6. The molecular formula is C25H23F2N5O3. The number of rotatable bonds is 9. The van der Waals surface area contributed by atoms with Crippen molar-refractivity contribution < 1.29 is 22.7 Å². The van der Waals surface area contributed by atoms with Crippen LogP contribution in [-0.2, 0) is 6.54 Å². The summed E-state index contributed by atoms with van der Waals surface area (Å²) in [5, 5.41) is 11.4. The van der Waals surface area contributed by atoms with Crippen LogP contribution in [0.15, 0.2) is 65.5 Å². The van der Waals surface area contributed by atoms with E-state index in [0.29, 0.717) is 18.0 Å². The minimum Gasteiger partial charge on any atom is -0.445 e. The van der Waals surface area contributed by atoms with E-state index >= 15 is 0 Å². The predicted molar refractivity (Wildman–Crippen MR) is 125 cm³/mol. The van der Waals surface area contributed by atoms with E-state index in [1.165, 1.54) is 17.7 Å². The van der Waals surface area contributed by atoms with E-state index in [0.717, 1.165) is 24.2 Å². The fourth-order valence-corrected chi connectivity index (χ4v) is 3.84. The number of hydrogen-bond acceptors (Lipinski definition) is 7. The van der Waals surface area contributed by atoms with Gasteiger partial charge in [0.15, 0.2) is 11.5 Å². The number of nitrogens with one attached hydrogen (secondary N) is 1. The van der Waals surface area contributed by atoms with Gasteiger partial charge in [-0.2, -0.15) is 0 Å². The Bertz CT molecular complexity index is 1300. The predicted octanol–water partition coefficient (Wildman–Crippen LogP) is 5.76. The second-order valence-corrected chi connectivity index (χ2v) is 8.05. The van der Waals surface area contributed by atoms with Crippen LogP contribution in [0.1, 0.15) is 48.5 Å². The van der Waals surface area contributed by atoms with Crippen LogP contribution in [0.2, 0.25) is 0 Å². The topological polar surface area (TPSA) is 87.2 Å². The number of nitrogens with zero attached hydrogens (tertiary/aromatic N) is 4. The molecule has 0 aliphatic carbocycles. The molecule has 4 aromatic rings. The summed E-state index contributed by atoms with van der Waals surface area (Å²) in [6.07, 6.45) is 6.88. The highest BCUT2D eigenvalue weighted by Gasteiger charge is 2.43. The highest BCUT2D eigenvalue weighted by atomic mass is 19.3. The third kappa shape index (κ3) is 5.32. The van der Waals surface area contributed by atoms with Gasteiger partial charge in [0.2, 0.25) is 5.89 Å². The number of halogens is 2. The molecule has 35 heavy (non-hydrogen) atoms. The molecular weight excluding hydrogens is 456 g/mol. The van der Waals surface area contributed by atoms with Gasteiger partial charge in [0.05, 0.1) is 24.5 Å². The summed E-state index contributed by atoms with van der Waals surface area (Å²) >= 11 is 0. The SMILES string of the molecule is CCCC(c1ccc(NCc2coc(C=Cc3ccc4c(c3)OC(F)(F)O4)n2)cc1)n1ccnn1. The quantitative estimate of drug-likeness (QED) is 0.327. The summed E-state index contributed by atoms with van der Waals surface area (Å²) < 4.78 is 42.6. The molecule has 0 spiro atoms. The van der Waals surface area contributed by atoms with Gasteiger partial charge in [0, 0.05) is 18.0 Å². The molecule has 10 heteroatoms. The van der Waals surface area contributed by atoms with E-state index < -0.39 is 6.29 Å². The Morgan fingerprint density at radius 2 is 1.91 bits per heavy atom. The second-order valence-electron chi connectivity index (χ2n) is 8.05. The summed E-state index contributed by atoms with van der Waals surface area (Å²) in [5.74, 6) is 0.391. The standard InChI is InChI=1S/C25H23F2N5O3/c1-2-3-21(32-13-12-29-31-32)18-6-8-19(9-7-18)28-15-20-16-33-24(30-20)11-5-17-4-10-22-23(14-17)35-25(26,27)34-22/h4-14,16,21,28H,2-3,15H2,1H3. The van der Waals surface area contributed by atoms with Crippen molar-refractivity contribution in [2.45, 2.75) is 38.6 Å². The van der Waals surface area contributed by atoms with Crippen molar-refractivity contribution in [2.75, 3.05) is 5.32 Å². The molecule has 0 fully saturated rings. The van der Waals surface area contributed by atoms with E-state index in [2.05, 4.69) is 49.1 Å². The molecule has 1 N–H and O–H groups in total. The molecule has 1 atom stereocenters. The van der Waals surface area contributed by atoms with Crippen molar-refractivity contribution >= 4 is 17.8 Å². The number of hydrogen-bond donors (Lipinski definition) is 1. The molecule has 0 radical (unpaired) electrons. The van der Waals surface area contributed by atoms with Crippen molar-refractivity contribution in [3.05, 3.63) is 83.8 Å². The van der Waals surface area contributed by atoms with Crippen LogP contribution in [0.3, 0.4) is 0 Å². The average molecular weight is 479 g/mol. The Kier molecular flexibility index (Phi) is 6.17. The van der Waals surface area contributed by atoms with Gasteiger partial charge in [-0.1, -0.05) is 36.8 Å². The monoisotopic (exact) mass is 479 g/mol. The van der Waals surface area contributed by atoms with Crippen molar-refractivity contribution in [1.29, 1.82) is 0 Å². The normalized spacial score (nSPS) is 14.9. The second kappa shape index (κ2) is 9.57. The molecule has 180 valence electrons.